The average Bonchev–Trinajstić information content (AvgIpc) is 2.31. The van der Waals surface area contributed by atoms with Crippen molar-refractivity contribution in [2.24, 2.45) is 11.8 Å². The topological polar surface area (TPSA) is 20.3 Å². The zero-order chi connectivity index (χ0) is 7.84. The predicted molar refractivity (Wildman–Crippen MR) is 50.6 cm³/mol. The van der Waals surface area contributed by atoms with Gasteiger partial charge in [0.15, 0.2) is 0 Å². The molecule has 2 nitrogen and oxygen atoms in total. The van der Waals surface area contributed by atoms with Crippen molar-refractivity contribution in [2.75, 3.05) is 20.1 Å². The van der Waals surface area contributed by atoms with Crippen molar-refractivity contribution in [3.8, 4) is 0 Å². The zero-order valence-corrected chi connectivity index (χ0v) is 8.27. The smallest absolute Gasteiger partial charge is 0.137 e. The molecule has 2 unspecified atom stereocenters. The molecular formula is C9H16ClNO. The first-order chi connectivity index (χ1) is 5.27. The molecule has 12 heavy (non-hydrogen) atoms. The summed E-state index contributed by atoms with van der Waals surface area (Å²) in [5.41, 5.74) is 0. The fourth-order valence-corrected chi connectivity index (χ4v) is 2.47. The van der Waals surface area contributed by atoms with Gasteiger partial charge in [0.1, 0.15) is 5.78 Å². The minimum Gasteiger partial charge on any atom is -0.305 e. The van der Waals surface area contributed by atoms with Gasteiger partial charge >= 0.3 is 0 Å². The maximum Gasteiger partial charge on any atom is 0.137 e. The number of hydrogen-bond donors (Lipinski definition) is 0. The van der Waals surface area contributed by atoms with Crippen LogP contribution in [-0.2, 0) is 4.79 Å². The molecule has 2 rings (SSSR count). The second-order valence-corrected chi connectivity index (χ2v) is 3.95. The molecular weight excluding hydrogens is 174 g/mol. The first-order valence-electron chi connectivity index (χ1n) is 4.48. The molecule has 2 fully saturated rings. The van der Waals surface area contributed by atoms with Crippen molar-refractivity contribution >= 4 is 18.2 Å². The van der Waals surface area contributed by atoms with Crippen LogP contribution in [0.4, 0.5) is 0 Å². The van der Waals surface area contributed by atoms with Crippen molar-refractivity contribution in [3.63, 3.8) is 0 Å². The van der Waals surface area contributed by atoms with Gasteiger partial charge in [0.05, 0.1) is 0 Å². The van der Waals surface area contributed by atoms with Crippen molar-refractivity contribution in [1.29, 1.82) is 0 Å². The standard InChI is InChI=1S/C9H15NO.ClH/c1-10-5-7-3-2-4-9(11)8(7)6-10;/h7-8H,2-6H2,1H3;1H. The summed E-state index contributed by atoms with van der Waals surface area (Å²) >= 11 is 0. The van der Waals surface area contributed by atoms with E-state index in [0.29, 0.717) is 17.6 Å². The fourth-order valence-electron chi connectivity index (χ4n) is 2.47. The average molecular weight is 190 g/mol. The molecule has 1 heterocycles. The molecule has 0 amide bonds. The number of likely N-dealkylation sites (tertiary alicyclic amines) is 1. The molecule has 3 heteroatoms. The summed E-state index contributed by atoms with van der Waals surface area (Å²) in [4.78, 5) is 13.7. The number of carbonyl (C=O) groups is 1. The quantitative estimate of drug-likeness (QED) is 0.573. The Morgan fingerprint density at radius 3 is 2.83 bits per heavy atom. The Morgan fingerprint density at radius 2 is 2.17 bits per heavy atom. The number of rotatable bonds is 0. The highest BCUT2D eigenvalue weighted by molar-refractivity contribution is 5.85. The van der Waals surface area contributed by atoms with Crippen LogP contribution in [0, 0.1) is 11.8 Å². The number of halogens is 1. The monoisotopic (exact) mass is 189 g/mol. The second kappa shape index (κ2) is 3.75. The minimum atomic E-state index is 0. The maximum absolute atomic E-state index is 11.4. The predicted octanol–water partition coefficient (Wildman–Crippen LogP) is 1.34. The molecule has 0 spiro atoms. The van der Waals surface area contributed by atoms with E-state index in [1.165, 1.54) is 6.42 Å². The third kappa shape index (κ3) is 1.64. The number of ketones is 1. The lowest BCUT2D eigenvalue weighted by atomic mass is 9.81. The summed E-state index contributed by atoms with van der Waals surface area (Å²) in [5.74, 6) is 1.61. The highest BCUT2D eigenvalue weighted by Crippen LogP contribution is 2.32. The Kier molecular flexibility index (Phi) is 3.13. The van der Waals surface area contributed by atoms with E-state index in [9.17, 15) is 4.79 Å². The van der Waals surface area contributed by atoms with Crippen LogP contribution in [-0.4, -0.2) is 30.8 Å². The highest BCUT2D eigenvalue weighted by Gasteiger charge is 2.37. The number of hydrogen-bond acceptors (Lipinski definition) is 2. The third-order valence-corrected chi connectivity index (χ3v) is 3.04. The highest BCUT2D eigenvalue weighted by atomic mass is 35.5. The third-order valence-electron chi connectivity index (χ3n) is 3.04. The lowest BCUT2D eigenvalue weighted by Crippen LogP contribution is -2.26. The van der Waals surface area contributed by atoms with E-state index in [4.69, 9.17) is 0 Å². The molecule has 0 radical (unpaired) electrons. The van der Waals surface area contributed by atoms with Crippen molar-refractivity contribution in [2.45, 2.75) is 19.3 Å². The van der Waals surface area contributed by atoms with E-state index < -0.39 is 0 Å². The Bertz CT molecular complexity index is 183. The second-order valence-electron chi connectivity index (χ2n) is 3.95. The number of Topliss-reactive ketones (excluding diaryl/α,β-unsaturated/α-hetero) is 1. The Hall–Kier alpha value is -0.0800. The molecule has 1 aliphatic heterocycles. The summed E-state index contributed by atoms with van der Waals surface area (Å²) in [7, 11) is 2.12. The van der Waals surface area contributed by atoms with Gasteiger partial charge in [-0.3, -0.25) is 4.79 Å². The van der Waals surface area contributed by atoms with Crippen LogP contribution >= 0.6 is 12.4 Å². The van der Waals surface area contributed by atoms with Gasteiger partial charge in [-0.15, -0.1) is 12.4 Å². The van der Waals surface area contributed by atoms with Gasteiger partial charge in [0, 0.05) is 25.4 Å². The molecule has 2 aliphatic rings. The molecule has 70 valence electrons. The van der Waals surface area contributed by atoms with Gasteiger partial charge in [0.25, 0.3) is 0 Å². The normalized spacial score (nSPS) is 35.9. The summed E-state index contributed by atoms with van der Waals surface area (Å²) in [6, 6.07) is 0. The lowest BCUT2D eigenvalue weighted by molar-refractivity contribution is -0.125. The summed E-state index contributed by atoms with van der Waals surface area (Å²) in [6.07, 6.45) is 3.25. The molecule has 1 aliphatic carbocycles. The Morgan fingerprint density at radius 1 is 1.42 bits per heavy atom. The molecule has 0 N–H and O–H groups in total. The SMILES string of the molecule is CN1CC2CCCC(=O)C2C1.Cl. The molecule has 2 atom stereocenters. The summed E-state index contributed by atoms with van der Waals surface area (Å²) in [5, 5.41) is 0. The van der Waals surface area contributed by atoms with Crippen molar-refractivity contribution in [3.05, 3.63) is 0 Å². The number of nitrogens with zero attached hydrogens (tertiary/aromatic N) is 1. The molecule has 0 bridgehead atoms. The fraction of sp³-hybridized carbons (Fsp3) is 0.889. The van der Waals surface area contributed by atoms with Gasteiger partial charge in [-0.2, -0.15) is 0 Å². The molecule has 0 aromatic rings. The van der Waals surface area contributed by atoms with Gasteiger partial charge < -0.3 is 4.90 Å². The van der Waals surface area contributed by atoms with E-state index in [-0.39, 0.29) is 12.4 Å². The minimum absolute atomic E-state index is 0. The van der Waals surface area contributed by atoms with Crippen LogP contribution < -0.4 is 0 Å². The van der Waals surface area contributed by atoms with Crippen LogP contribution in [0.15, 0.2) is 0 Å². The first-order valence-corrected chi connectivity index (χ1v) is 4.48. The molecule has 1 saturated heterocycles. The van der Waals surface area contributed by atoms with Crippen molar-refractivity contribution < 1.29 is 4.79 Å². The first kappa shape index (κ1) is 10.0. The van der Waals surface area contributed by atoms with Crippen LogP contribution in [0.1, 0.15) is 19.3 Å². The largest absolute Gasteiger partial charge is 0.305 e. The van der Waals surface area contributed by atoms with E-state index in [2.05, 4.69) is 11.9 Å². The number of fused-ring (bicyclic) bond motifs is 1. The van der Waals surface area contributed by atoms with Crippen molar-refractivity contribution in [1.82, 2.24) is 4.90 Å². The van der Waals surface area contributed by atoms with E-state index >= 15 is 0 Å². The van der Waals surface area contributed by atoms with Crippen LogP contribution in [0.25, 0.3) is 0 Å². The van der Waals surface area contributed by atoms with Gasteiger partial charge in [-0.1, -0.05) is 0 Å². The van der Waals surface area contributed by atoms with Crippen LogP contribution in [0.3, 0.4) is 0 Å². The van der Waals surface area contributed by atoms with Gasteiger partial charge in [0.2, 0.25) is 0 Å². The van der Waals surface area contributed by atoms with E-state index in [0.717, 1.165) is 25.9 Å². The Balaban J connectivity index is 0.000000720. The number of carbonyl (C=O) groups excluding carboxylic acids is 1. The van der Waals surface area contributed by atoms with Crippen LogP contribution in [0.2, 0.25) is 0 Å². The molecule has 0 aromatic heterocycles. The summed E-state index contributed by atoms with van der Waals surface area (Å²) < 4.78 is 0. The zero-order valence-electron chi connectivity index (χ0n) is 7.45. The summed E-state index contributed by atoms with van der Waals surface area (Å²) in [6.45, 7) is 2.17. The molecule has 0 aromatic carbocycles. The Labute approximate surface area is 79.7 Å². The van der Waals surface area contributed by atoms with Crippen LogP contribution in [0.5, 0.6) is 0 Å². The van der Waals surface area contributed by atoms with E-state index in [1.807, 2.05) is 0 Å². The maximum atomic E-state index is 11.4. The lowest BCUT2D eigenvalue weighted by Gasteiger charge is -2.21. The van der Waals surface area contributed by atoms with Gasteiger partial charge in [-0.05, 0) is 25.8 Å². The van der Waals surface area contributed by atoms with E-state index in [1.54, 1.807) is 0 Å². The molecule has 1 saturated carbocycles. The van der Waals surface area contributed by atoms with Gasteiger partial charge in [-0.25, -0.2) is 0 Å².